The second-order valence-corrected chi connectivity index (χ2v) is 11.2. The zero-order chi connectivity index (χ0) is 25.8. The molecule has 2 amide bonds. The van der Waals surface area contributed by atoms with Gasteiger partial charge >= 0.3 is 0 Å². The molecule has 0 spiro atoms. The van der Waals surface area contributed by atoms with E-state index in [9.17, 15) is 9.59 Å². The minimum absolute atomic E-state index is 0.0138. The molecular formula is C31H37N3O2S. The molecule has 1 aliphatic heterocycles. The summed E-state index contributed by atoms with van der Waals surface area (Å²) in [6, 6.07) is 20.3. The maximum absolute atomic E-state index is 13.9. The molecule has 5 rings (SSSR count). The summed E-state index contributed by atoms with van der Waals surface area (Å²) in [5.74, 6) is -0.325. The van der Waals surface area contributed by atoms with Gasteiger partial charge in [-0.25, -0.2) is 0 Å². The Morgan fingerprint density at radius 2 is 1.89 bits per heavy atom. The fourth-order valence-corrected chi connectivity index (χ4v) is 6.93. The normalized spacial score (nSPS) is 19.6. The minimum Gasteiger partial charge on any atom is -0.372 e. The van der Waals surface area contributed by atoms with Gasteiger partial charge in [0.25, 0.3) is 5.91 Å². The summed E-state index contributed by atoms with van der Waals surface area (Å²) in [6.07, 6.45) is 5.15. The Bertz CT molecular complexity index is 1220. The van der Waals surface area contributed by atoms with Gasteiger partial charge in [-0.15, -0.1) is 11.3 Å². The van der Waals surface area contributed by atoms with Crippen LogP contribution in [0.15, 0.2) is 66.0 Å². The molecule has 1 aliphatic carbocycles. The number of carbonyl (C=O) groups excluding carboxylic acids is 2. The van der Waals surface area contributed by atoms with Crippen LogP contribution in [0.4, 0.5) is 5.69 Å². The Kier molecular flexibility index (Phi) is 7.94. The van der Waals surface area contributed by atoms with Crippen molar-refractivity contribution in [3.8, 4) is 0 Å². The number of aryl methyl sites for hydroxylation is 1. The average molecular weight is 516 g/mol. The Morgan fingerprint density at radius 1 is 1.08 bits per heavy atom. The van der Waals surface area contributed by atoms with Gasteiger partial charge in [0.05, 0.1) is 12.0 Å². The lowest BCUT2D eigenvalue weighted by molar-refractivity contribution is -0.124. The zero-order valence-electron chi connectivity index (χ0n) is 21.9. The molecule has 2 aromatic carbocycles. The molecule has 1 N–H and O–H groups in total. The maximum atomic E-state index is 13.9. The molecule has 3 aromatic rings. The number of amides is 2. The summed E-state index contributed by atoms with van der Waals surface area (Å²) in [7, 11) is 0. The van der Waals surface area contributed by atoms with Gasteiger partial charge in [-0.1, -0.05) is 49.2 Å². The summed E-state index contributed by atoms with van der Waals surface area (Å²) in [6.45, 7) is 6.69. The van der Waals surface area contributed by atoms with E-state index in [-0.39, 0.29) is 23.9 Å². The van der Waals surface area contributed by atoms with Crippen molar-refractivity contribution in [2.45, 2.75) is 64.0 Å². The molecule has 2 atom stereocenters. The number of nitrogens with one attached hydrogen (secondary N) is 1. The van der Waals surface area contributed by atoms with Crippen molar-refractivity contribution in [2.75, 3.05) is 24.5 Å². The van der Waals surface area contributed by atoms with Crippen LogP contribution in [0.3, 0.4) is 0 Å². The second kappa shape index (κ2) is 11.5. The lowest BCUT2D eigenvalue weighted by Crippen LogP contribution is -2.50. The van der Waals surface area contributed by atoms with Crippen LogP contribution in [0.25, 0.3) is 0 Å². The molecule has 0 unspecified atom stereocenters. The van der Waals surface area contributed by atoms with Crippen LogP contribution in [-0.2, 0) is 4.79 Å². The summed E-state index contributed by atoms with van der Waals surface area (Å²) in [4.78, 5) is 33.2. The number of rotatable bonds is 9. The van der Waals surface area contributed by atoms with Gasteiger partial charge in [0.1, 0.15) is 0 Å². The van der Waals surface area contributed by atoms with Gasteiger partial charge in [-0.3, -0.25) is 9.59 Å². The monoisotopic (exact) mass is 515 g/mol. The van der Waals surface area contributed by atoms with E-state index in [1.165, 1.54) is 11.3 Å². The van der Waals surface area contributed by atoms with Crippen LogP contribution < -0.4 is 10.2 Å². The Hall–Kier alpha value is -3.12. The van der Waals surface area contributed by atoms with Crippen molar-refractivity contribution >= 4 is 28.8 Å². The number of fused-ring (bicyclic) bond motifs is 1. The van der Waals surface area contributed by atoms with Gasteiger partial charge in [-0.2, -0.15) is 0 Å². The number of nitrogens with zero attached hydrogens (tertiary/aromatic N) is 2. The fourth-order valence-electron chi connectivity index (χ4n) is 6.07. The van der Waals surface area contributed by atoms with Gasteiger partial charge in [0.15, 0.2) is 0 Å². The first-order chi connectivity index (χ1) is 18.1. The molecule has 0 saturated heterocycles. The molecule has 5 nitrogen and oxygen atoms in total. The molecule has 194 valence electrons. The number of anilines is 1. The number of thiophene rings is 1. The Balaban J connectivity index is 1.36. The van der Waals surface area contributed by atoms with Crippen molar-refractivity contribution in [3.05, 3.63) is 87.6 Å². The third-order valence-corrected chi connectivity index (χ3v) is 8.81. The van der Waals surface area contributed by atoms with Crippen molar-refractivity contribution in [2.24, 2.45) is 0 Å². The molecule has 0 radical (unpaired) electrons. The van der Waals surface area contributed by atoms with Crippen molar-refractivity contribution in [1.29, 1.82) is 0 Å². The summed E-state index contributed by atoms with van der Waals surface area (Å²) in [5, 5.41) is 5.30. The van der Waals surface area contributed by atoms with E-state index in [0.29, 0.717) is 12.1 Å². The first-order valence-corrected chi connectivity index (χ1v) is 14.5. The summed E-state index contributed by atoms with van der Waals surface area (Å²) < 4.78 is 0. The molecule has 37 heavy (non-hydrogen) atoms. The third-order valence-electron chi connectivity index (χ3n) is 7.86. The quantitative estimate of drug-likeness (QED) is 0.340. The van der Waals surface area contributed by atoms with Crippen LogP contribution in [0.5, 0.6) is 0 Å². The SMILES string of the molecule is CCN(CCCNC(=O)[C@@H]1c2ccccc2C(=O)N(C2CCCC2)[C@@H]1c1cccs1)c1cccc(C)c1. The molecule has 0 bridgehead atoms. The van der Waals surface area contributed by atoms with Crippen LogP contribution in [0.1, 0.15) is 77.3 Å². The number of benzene rings is 2. The topological polar surface area (TPSA) is 52.7 Å². The maximum Gasteiger partial charge on any atom is 0.254 e. The van der Waals surface area contributed by atoms with Crippen LogP contribution in [-0.4, -0.2) is 42.4 Å². The smallest absolute Gasteiger partial charge is 0.254 e. The molecule has 2 aliphatic rings. The predicted octanol–water partition coefficient (Wildman–Crippen LogP) is 6.31. The van der Waals surface area contributed by atoms with E-state index < -0.39 is 5.92 Å². The minimum atomic E-state index is -0.410. The summed E-state index contributed by atoms with van der Waals surface area (Å²) in [5.41, 5.74) is 4.01. The highest BCUT2D eigenvalue weighted by molar-refractivity contribution is 7.10. The number of carbonyl (C=O) groups is 2. The van der Waals surface area contributed by atoms with E-state index in [2.05, 4.69) is 59.3 Å². The molecule has 6 heteroatoms. The van der Waals surface area contributed by atoms with Gasteiger partial charge < -0.3 is 15.1 Å². The van der Waals surface area contributed by atoms with Crippen molar-refractivity contribution in [3.63, 3.8) is 0 Å². The van der Waals surface area contributed by atoms with Crippen molar-refractivity contribution in [1.82, 2.24) is 10.2 Å². The van der Waals surface area contributed by atoms with E-state index >= 15 is 0 Å². The number of hydrogen-bond donors (Lipinski definition) is 1. The first-order valence-electron chi connectivity index (χ1n) is 13.6. The molecule has 1 aromatic heterocycles. The van der Waals surface area contributed by atoms with Gasteiger partial charge in [-0.05, 0) is 73.9 Å². The highest BCUT2D eigenvalue weighted by Crippen LogP contribution is 2.47. The second-order valence-electron chi connectivity index (χ2n) is 10.2. The highest BCUT2D eigenvalue weighted by atomic mass is 32.1. The van der Waals surface area contributed by atoms with Crippen LogP contribution in [0, 0.1) is 6.92 Å². The van der Waals surface area contributed by atoms with Crippen LogP contribution >= 0.6 is 11.3 Å². The van der Waals surface area contributed by atoms with Gasteiger partial charge in [0, 0.05) is 41.8 Å². The lowest BCUT2D eigenvalue weighted by Gasteiger charge is -2.44. The predicted molar refractivity (Wildman–Crippen MR) is 151 cm³/mol. The fraction of sp³-hybridized carbons (Fsp3) is 0.419. The molecule has 1 fully saturated rings. The molecule has 2 heterocycles. The standard InChI is InChI=1S/C31H37N3O2S/c1-3-33(24-14-8-11-22(2)21-24)19-10-18-32-30(35)28-25-15-6-7-16-26(25)31(36)34(23-12-4-5-13-23)29(28)27-17-9-20-37-27/h6-9,11,14-17,20-21,23,28-29H,3-5,10,12-13,18-19H2,1-2H3,(H,32,35)/t28-,29-/m1/s1. The number of hydrogen-bond acceptors (Lipinski definition) is 4. The Labute approximate surface area is 224 Å². The van der Waals surface area contributed by atoms with E-state index in [0.717, 1.165) is 55.6 Å². The van der Waals surface area contributed by atoms with E-state index in [1.807, 2.05) is 35.7 Å². The lowest BCUT2D eigenvalue weighted by atomic mass is 9.80. The molecule has 1 saturated carbocycles. The van der Waals surface area contributed by atoms with E-state index in [1.54, 1.807) is 11.3 Å². The Morgan fingerprint density at radius 3 is 2.62 bits per heavy atom. The average Bonchev–Trinajstić information content (AvgIpc) is 3.63. The molecular weight excluding hydrogens is 478 g/mol. The zero-order valence-corrected chi connectivity index (χ0v) is 22.7. The van der Waals surface area contributed by atoms with Crippen molar-refractivity contribution < 1.29 is 9.59 Å². The first kappa shape index (κ1) is 25.5. The summed E-state index contributed by atoms with van der Waals surface area (Å²) >= 11 is 1.64. The largest absolute Gasteiger partial charge is 0.372 e. The van der Waals surface area contributed by atoms with E-state index in [4.69, 9.17) is 0 Å². The highest BCUT2D eigenvalue weighted by Gasteiger charge is 2.47. The van der Waals surface area contributed by atoms with Gasteiger partial charge in [0.2, 0.25) is 5.91 Å². The third kappa shape index (κ3) is 5.30. The van der Waals surface area contributed by atoms with Crippen LogP contribution in [0.2, 0.25) is 0 Å².